The summed E-state index contributed by atoms with van der Waals surface area (Å²) in [6, 6.07) is 7.27. The fourth-order valence-corrected chi connectivity index (χ4v) is 4.43. The van der Waals surface area contributed by atoms with Crippen molar-refractivity contribution in [2.75, 3.05) is 7.11 Å². The van der Waals surface area contributed by atoms with Crippen LogP contribution in [0.2, 0.25) is 5.02 Å². The van der Waals surface area contributed by atoms with Crippen molar-refractivity contribution in [2.45, 2.75) is 10.9 Å². The average Bonchev–Trinajstić information content (AvgIpc) is 3.40. The van der Waals surface area contributed by atoms with Crippen molar-refractivity contribution >= 4 is 50.6 Å². The SMILES string of the molecule is COc1ccc(Cl)cc1-c1nc(SCc2nc(-c3cc(Br)cs3)no2)n[nH]1. The van der Waals surface area contributed by atoms with Gasteiger partial charge in [-0.1, -0.05) is 28.5 Å². The number of rotatable bonds is 6. The van der Waals surface area contributed by atoms with Crippen LogP contribution in [0.15, 0.2) is 43.8 Å². The summed E-state index contributed by atoms with van der Waals surface area (Å²) in [5.74, 6) is 2.78. The molecule has 1 N–H and O–H groups in total. The van der Waals surface area contributed by atoms with Gasteiger partial charge >= 0.3 is 0 Å². The predicted molar refractivity (Wildman–Crippen MR) is 108 cm³/mol. The summed E-state index contributed by atoms with van der Waals surface area (Å²) < 4.78 is 11.6. The van der Waals surface area contributed by atoms with Crippen LogP contribution in [0.25, 0.3) is 22.1 Å². The number of halogens is 2. The largest absolute Gasteiger partial charge is 0.496 e. The van der Waals surface area contributed by atoms with Gasteiger partial charge in [0.05, 0.1) is 23.3 Å². The number of nitrogens with zero attached hydrogens (tertiary/aromatic N) is 4. The van der Waals surface area contributed by atoms with Gasteiger partial charge in [0.25, 0.3) is 0 Å². The zero-order valence-corrected chi connectivity index (χ0v) is 17.7. The van der Waals surface area contributed by atoms with Crippen molar-refractivity contribution in [1.82, 2.24) is 25.3 Å². The van der Waals surface area contributed by atoms with Crippen LogP contribution < -0.4 is 4.74 Å². The summed E-state index contributed by atoms with van der Waals surface area (Å²) in [4.78, 5) is 9.82. The van der Waals surface area contributed by atoms with Crippen LogP contribution in [0.5, 0.6) is 5.75 Å². The lowest BCUT2D eigenvalue weighted by Gasteiger charge is -2.05. The monoisotopic (exact) mass is 483 g/mol. The van der Waals surface area contributed by atoms with Crippen LogP contribution >= 0.6 is 50.6 Å². The van der Waals surface area contributed by atoms with Crippen molar-refractivity contribution in [3.63, 3.8) is 0 Å². The Bertz CT molecular complexity index is 1080. The van der Waals surface area contributed by atoms with Gasteiger partial charge in [0.1, 0.15) is 5.75 Å². The van der Waals surface area contributed by atoms with Gasteiger partial charge in [-0.15, -0.1) is 16.4 Å². The highest BCUT2D eigenvalue weighted by atomic mass is 79.9. The Labute approximate surface area is 175 Å². The van der Waals surface area contributed by atoms with Crippen molar-refractivity contribution in [3.05, 3.63) is 45.0 Å². The molecule has 1 aromatic carbocycles. The Morgan fingerprint density at radius 2 is 2.22 bits per heavy atom. The van der Waals surface area contributed by atoms with Gasteiger partial charge in [-0.2, -0.15) is 4.98 Å². The lowest BCUT2D eigenvalue weighted by atomic mass is 10.2. The molecule has 0 radical (unpaired) electrons. The maximum absolute atomic E-state index is 6.07. The standard InChI is InChI=1S/C16H11BrClN5O2S2/c1-24-11-3-2-9(18)5-10(11)14-20-16(22-21-14)27-7-13-19-15(23-25-13)12-4-8(17)6-26-12/h2-6H,7H2,1H3,(H,20,21,22). The molecule has 0 amide bonds. The number of aromatic amines is 1. The topological polar surface area (TPSA) is 89.7 Å². The zero-order valence-electron chi connectivity index (χ0n) is 13.8. The molecule has 4 aromatic rings. The van der Waals surface area contributed by atoms with Gasteiger partial charge < -0.3 is 9.26 Å². The van der Waals surface area contributed by atoms with E-state index in [1.54, 1.807) is 36.6 Å². The number of H-pyrrole nitrogens is 1. The molecule has 0 aliphatic heterocycles. The van der Waals surface area contributed by atoms with Gasteiger partial charge in [0, 0.05) is 14.9 Å². The summed E-state index contributed by atoms with van der Waals surface area (Å²) in [5, 5.41) is 14.3. The molecule has 0 atom stereocenters. The van der Waals surface area contributed by atoms with Gasteiger partial charge in [0.2, 0.25) is 16.9 Å². The zero-order chi connectivity index (χ0) is 18.8. The Morgan fingerprint density at radius 1 is 1.33 bits per heavy atom. The minimum Gasteiger partial charge on any atom is -0.496 e. The van der Waals surface area contributed by atoms with E-state index < -0.39 is 0 Å². The minimum atomic E-state index is 0.462. The molecule has 0 unspecified atom stereocenters. The molecule has 3 aromatic heterocycles. The molecule has 0 aliphatic rings. The summed E-state index contributed by atoms with van der Waals surface area (Å²) in [5.41, 5.74) is 0.743. The molecule has 0 fully saturated rings. The normalized spacial score (nSPS) is 11.1. The molecule has 138 valence electrons. The van der Waals surface area contributed by atoms with E-state index >= 15 is 0 Å². The third-order valence-corrected chi connectivity index (χ3v) is 6.22. The first-order valence-electron chi connectivity index (χ1n) is 7.58. The number of aromatic nitrogens is 5. The highest BCUT2D eigenvalue weighted by Crippen LogP contribution is 2.32. The lowest BCUT2D eigenvalue weighted by molar-refractivity contribution is 0.391. The van der Waals surface area contributed by atoms with Crippen molar-refractivity contribution in [2.24, 2.45) is 0 Å². The molecule has 0 saturated carbocycles. The van der Waals surface area contributed by atoms with E-state index in [4.69, 9.17) is 20.9 Å². The molecule has 4 rings (SSSR count). The number of hydrogen-bond acceptors (Lipinski definition) is 8. The van der Waals surface area contributed by atoms with Crippen LogP contribution in [0, 0.1) is 0 Å². The number of thiophene rings is 1. The number of benzene rings is 1. The third-order valence-electron chi connectivity index (χ3n) is 3.46. The Morgan fingerprint density at radius 3 is 3.00 bits per heavy atom. The van der Waals surface area contributed by atoms with Crippen molar-refractivity contribution in [3.8, 4) is 27.8 Å². The second-order valence-electron chi connectivity index (χ2n) is 5.24. The number of hydrogen-bond donors (Lipinski definition) is 1. The molecule has 0 aliphatic carbocycles. The van der Waals surface area contributed by atoms with E-state index in [2.05, 4.69) is 41.3 Å². The molecular formula is C16H11BrClN5O2S2. The number of thioether (sulfide) groups is 1. The van der Waals surface area contributed by atoms with E-state index in [1.807, 2.05) is 11.4 Å². The maximum atomic E-state index is 6.07. The van der Waals surface area contributed by atoms with E-state index in [1.165, 1.54) is 11.8 Å². The van der Waals surface area contributed by atoms with E-state index in [-0.39, 0.29) is 0 Å². The van der Waals surface area contributed by atoms with Crippen LogP contribution in [0.1, 0.15) is 5.89 Å². The molecular weight excluding hydrogens is 474 g/mol. The highest BCUT2D eigenvalue weighted by molar-refractivity contribution is 9.10. The molecule has 27 heavy (non-hydrogen) atoms. The van der Waals surface area contributed by atoms with Crippen LogP contribution in [-0.2, 0) is 5.75 Å². The molecule has 11 heteroatoms. The molecule has 0 bridgehead atoms. The molecule has 7 nitrogen and oxygen atoms in total. The summed E-state index contributed by atoms with van der Waals surface area (Å²) in [7, 11) is 1.60. The lowest BCUT2D eigenvalue weighted by Crippen LogP contribution is -1.89. The van der Waals surface area contributed by atoms with Crippen molar-refractivity contribution < 1.29 is 9.26 Å². The van der Waals surface area contributed by atoms with E-state index in [0.717, 1.165) is 14.9 Å². The number of nitrogens with one attached hydrogen (secondary N) is 1. The predicted octanol–water partition coefficient (Wildman–Crippen LogP) is 5.30. The Hall–Kier alpha value is -1.88. The van der Waals surface area contributed by atoms with Crippen LogP contribution in [-0.4, -0.2) is 32.4 Å². The van der Waals surface area contributed by atoms with Gasteiger partial charge in [0.15, 0.2) is 5.82 Å². The number of methoxy groups -OCH3 is 1. The first kappa shape index (κ1) is 18.5. The van der Waals surface area contributed by atoms with Crippen molar-refractivity contribution in [1.29, 1.82) is 0 Å². The average molecular weight is 485 g/mol. The summed E-state index contributed by atoms with van der Waals surface area (Å²) in [6.07, 6.45) is 0. The molecule has 0 spiro atoms. The second kappa shape index (κ2) is 8.01. The fraction of sp³-hybridized carbons (Fsp3) is 0.125. The third kappa shape index (κ3) is 4.18. The first-order chi connectivity index (χ1) is 13.1. The van der Waals surface area contributed by atoms with Gasteiger partial charge in [-0.05, 0) is 40.2 Å². The second-order valence-corrected chi connectivity index (χ2v) is 8.45. The van der Waals surface area contributed by atoms with Crippen LogP contribution in [0.3, 0.4) is 0 Å². The Balaban J connectivity index is 1.46. The van der Waals surface area contributed by atoms with E-state index in [9.17, 15) is 0 Å². The van der Waals surface area contributed by atoms with Crippen LogP contribution in [0.4, 0.5) is 0 Å². The fourth-order valence-electron chi connectivity index (χ4n) is 2.27. The minimum absolute atomic E-state index is 0.462. The Kier molecular flexibility index (Phi) is 5.48. The number of ether oxygens (including phenoxy) is 1. The molecule has 0 saturated heterocycles. The quantitative estimate of drug-likeness (QED) is 0.371. The molecule has 3 heterocycles. The van der Waals surface area contributed by atoms with E-state index in [0.29, 0.717) is 39.2 Å². The smallest absolute Gasteiger partial charge is 0.237 e. The highest BCUT2D eigenvalue weighted by Gasteiger charge is 2.15. The maximum Gasteiger partial charge on any atom is 0.237 e. The van der Waals surface area contributed by atoms with Gasteiger partial charge in [-0.25, -0.2) is 4.98 Å². The summed E-state index contributed by atoms with van der Waals surface area (Å²) in [6.45, 7) is 0. The van der Waals surface area contributed by atoms with Gasteiger partial charge in [-0.3, -0.25) is 5.10 Å². The first-order valence-corrected chi connectivity index (χ1v) is 10.6. The summed E-state index contributed by atoms with van der Waals surface area (Å²) >= 11 is 12.4.